The Morgan fingerprint density at radius 3 is 2.50 bits per heavy atom. The van der Waals surface area contributed by atoms with Crippen molar-refractivity contribution in [1.82, 2.24) is 14.8 Å². The van der Waals surface area contributed by atoms with Gasteiger partial charge in [0.15, 0.2) is 5.13 Å². The van der Waals surface area contributed by atoms with E-state index in [1.165, 1.54) is 16.2 Å². The SMILES string of the molecule is CC(C)CC(=O)N1CCc2nc(NC(=O)CCCN3C(=O)c4ccccc4C3=O)sc2C1. The number of thiazole rings is 1. The summed E-state index contributed by atoms with van der Waals surface area (Å²) in [4.78, 5) is 58.1. The van der Waals surface area contributed by atoms with E-state index in [0.29, 0.717) is 54.5 Å². The molecule has 3 heterocycles. The van der Waals surface area contributed by atoms with E-state index in [4.69, 9.17) is 0 Å². The number of carbonyl (C=O) groups excluding carboxylic acids is 4. The van der Waals surface area contributed by atoms with Crippen LogP contribution in [0.3, 0.4) is 0 Å². The van der Waals surface area contributed by atoms with Gasteiger partial charge in [-0.1, -0.05) is 37.3 Å². The maximum Gasteiger partial charge on any atom is 0.261 e. The Bertz CT molecular complexity index is 1040. The molecule has 2 aliphatic rings. The number of nitrogens with zero attached hydrogens (tertiary/aromatic N) is 3. The molecule has 1 N–H and O–H groups in total. The van der Waals surface area contributed by atoms with E-state index >= 15 is 0 Å². The molecule has 0 unspecified atom stereocenters. The quantitative estimate of drug-likeness (QED) is 0.648. The van der Waals surface area contributed by atoms with Crippen LogP contribution in [0.4, 0.5) is 5.13 Å². The van der Waals surface area contributed by atoms with E-state index in [1.54, 1.807) is 24.3 Å². The van der Waals surface area contributed by atoms with Crippen LogP contribution < -0.4 is 5.32 Å². The van der Waals surface area contributed by atoms with Crippen LogP contribution in [0.25, 0.3) is 0 Å². The van der Waals surface area contributed by atoms with Gasteiger partial charge in [0.2, 0.25) is 11.8 Å². The van der Waals surface area contributed by atoms with Crippen LogP contribution >= 0.6 is 11.3 Å². The number of rotatable bonds is 7. The predicted octanol–water partition coefficient (Wildman–Crippen LogP) is 3.09. The van der Waals surface area contributed by atoms with E-state index in [1.807, 2.05) is 18.7 Å². The number of hydrogen-bond donors (Lipinski definition) is 1. The topological polar surface area (TPSA) is 99.7 Å². The minimum absolute atomic E-state index is 0.151. The van der Waals surface area contributed by atoms with Gasteiger partial charge in [-0.15, -0.1) is 0 Å². The van der Waals surface area contributed by atoms with Gasteiger partial charge in [0.1, 0.15) is 0 Å². The number of carbonyl (C=O) groups is 4. The highest BCUT2D eigenvalue weighted by molar-refractivity contribution is 7.15. The molecule has 0 radical (unpaired) electrons. The second kappa shape index (κ2) is 9.20. The van der Waals surface area contributed by atoms with Gasteiger partial charge in [-0.2, -0.15) is 0 Å². The van der Waals surface area contributed by atoms with Crippen molar-refractivity contribution in [2.24, 2.45) is 5.92 Å². The summed E-state index contributed by atoms with van der Waals surface area (Å²) in [5.41, 5.74) is 1.76. The average Bonchev–Trinajstić information content (AvgIpc) is 3.26. The number of nitrogens with one attached hydrogen (secondary N) is 1. The zero-order valence-corrected chi connectivity index (χ0v) is 19.0. The normalized spacial score (nSPS) is 15.2. The fraction of sp³-hybridized carbons (Fsp3) is 0.435. The Hall–Kier alpha value is -3.07. The van der Waals surface area contributed by atoms with Crippen LogP contribution in [0.1, 0.15) is 64.4 Å². The molecule has 0 bridgehead atoms. The molecule has 8 nitrogen and oxygen atoms in total. The number of amides is 4. The lowest BCUT2D eigenvalue weighted by Crippen LogP contribution is -2.36. The Balaban J connectivity index is 1.27. The standard InChI is InChI=1S/C23H26N4O4S/c1-14(2)12-20(29)26-11-9-17-18(13-26)32-23(24-17)25-19(28)8-5-10-27-21(30)15-6-3-4-7-16(15)22(27)31/h3-4,6-7,14H,5,8-13H2,1-2H3,(H,24,25,28). The highest BCUT2D eigenvalue weighted by Crippen LogP contribution is 2.29. The van der Waals surface area contributed by atoms with E-state index < -0.39 is 0 Å². The lowest BCUT2D eigenvalue weighted by atomic mass is 10.1. The molecule has 168 valence electrons. The third-order valence-electron chi connectivity index (χ3n) is 5.58. The summed E-state index contributed by atoms with van der Waals surface area (Å²) in [6.45, 7) is 5.44. The van der Waals surface area contributed by atoms with E-state index in [0.717, 1.165) is 10.6 Å². The predicted molar refractivity (Wildman–Crippen MR) is 120 cm³/mol. The average molecular weight is 455 g/mol. The van der Waals surface area contributed by atoms with E-state index in [9.17, 15) is 19.2 Å². The van der Waals surface area contributed by atoms with Crippen LogP contribution in [0.5, 0.6) is 0 Å². The first-order valence-corrected chi connectivity index (χ1v) is 11.7. The van der Waals surface area contributed by atoms with Crippen molar-refractivity contribution in [2.75, 3.05) is 18.4 Å². The highest BCUT2D eigenvalue weighted by atomic mass is 32.1. The molecule has 0 saturated heterocycles. The van der Waals surface area contributed by atoms with Crippen LogP contribution in [0, 0.1) is 5.92 Å². The maximum atomic E-state index is 12.4. The summed E-state index contributed by atoms with van der Waals surface area (Å²) in [6.07, 6.45) is 1.77. The van der Waals surface area contributed by atoms with Crippen molar-refractivity contribution in [3.05, 3.63) is 46.0 Å². The van der Waals surface area contributed by atoms with Crippen LogP contribution in [0.2, 0.25) is 0 Å². The molecule has 9 heteroatoms. The van der Waals surface area contributed by atoms with Crippen molar-refractivity contribution in [3.63, 3.8) is 0 Å². The molecule has 1 aromatic heterocycles. The Morgan fingerprint density at radius 1 is 1.16 bits per heavy atom. The van der Waals surface area contributed by atoms with Gasteiger partial charge in [-0.3, -0.25) is 24.1 Å². The van der Waals surface area contributed by atoms with Crippen molar-refractivity contribution in [3.8, 4) is 0 Å². The summed E-state index contributed by atoms with van der Waals surface area (Å²) in [6, 6.07) is 6.75. The van der Waals surface area contributed by atoms with E-state index in [-0.39, 0.29) is 36.6 Å². The van der Waals surface area contributed by atoms with Gasteiger partial charge >= 0.3 is 0 Å². The summed E-state index contributed by atoms with van der Waals surface area (Å²) in [7, 11) is 0. The molecule has 1 aromatic carbocycles. The molecule has 0 spiro atoms. The number of aromatic nitrogens is 1. The van der Waals surface area contributed by atoms with Gasteiger partial charge in [-0.05, 0) is 24.5 Å². The fourth-order valence-electron chi connectivity index (χ4n) is 3.96. The Morgan fingerprint density at radius 2 is 1.84 bits per heavy atom. The second-order valence-corrected chi connectivity index (χ2v) is 9.60. The molecule has 0 atom stereocenters. The number of hydrogen-bond acceptors (Lipinski definition) is 6. The Kier molecular flexibility index (Phi) is 6.36. The fourth-order valence-corrected chi connectivity index (χ4v) is 5.00. The monoisotopic (exact) mass is 454 g/mol. The van der Waals surface area contributed by atoms with Crippen molar-refractivity contribution in [2.45, 2.75) is 46.1 Å². The van der Waals surface area contributed by atoms with Crippen LogP contribution in [0.15, 0.2) is 24.3 Å². The lowest BCUT2D eigenvalue weighted by Gasteiger charge is -2.26. The summed E-state index contributed by atoms with van der Waals surface area (Å²) in [5, 5.41) is 3.34. The molecule has 2 aromatic rings. The molecular weight excluding hydrogens is 428 g/mol. The second-order valence-electron chi connectivity index (χ2n) is 8.51. The molecular formula is C23H26N4O4S. The molecule has 32 heavy (non-hydrogen) atoms. The van der Waals surface area contributed by atoms with Gasteiger partial charge < -0.3 is 10.2 Å². The molecule has 4 rings (SSSR count). The van der Waals surface area contributed by atoms with Crippen molar-refractivity contribution in [1.29, 1.82) is 0 Å². The first-order chi connectivity index (χ1) is 15.3. The lowest BCUT2D eigenvalue weighted by molar-refractivity contribution is -0.132. The van der Waals surface area contributed by atoms with Gasteiger partial charge in [0.25, 0.3) is 11.8 Å². The number of fused-ring (bicyclic) bond motifs is 2. The summed E-state index contributed by atoms with van der Waals surface area (Å²) >= 11 is 1.40. The zero-order chi connectivity index (χ0) is 22.8. The minimum Gasteiger partial charge on any atom is -0.337 e. The van der Waals surface area contributed by atoms with E-state index in [2.05, 4.69) is 10.3 Å². The number of anilines is 1. The summed E-state index contributed by atoms with van der Waals surface area (Å²) < 4.78 is 0. The third-order valence-corrected chi connectivity index (χ3v) is 6.57. The molecule has 0 fully saturated rings. The first kappa shape index (κ1) is 22.1. The third kappa shape index (κ3) is 4.57. The van der Waals surface area contributed by atoms with Crippen LogP contribution in [-0.4, -0.2) is 51.5 Å². The van der Waals surface area contributed by atoms with Crippen molar-refractivity contribution >= 4 is 40.1 Å². The molecule has 0 aliphatic carbocycles. The molecule has 2 aliphatic heterocycles. The molecule has 0 saturated carbocycles. The minimum atomic E-state index is -0.310. The largest absolute Gasteiger partial charge is 0.337 e. The summed E-state index contributed by atoms with van der Waals surface area (Å²) in [5.74, 6) is -0.357. The van der Waals surface area contributed by atoms with Crippen molar-refractivity contribution < 1.29 is 19.2 Å². The first-order valence-electron chi connectivity index (χ1n) is 10.8. The Labute approximate surface area is 190 Å². The van der Waals surface area contributed by atoms with Crippen LogP contribution in [-0.2, 0) is 22.6 Å². The zero-order valence-electron chi connectivity index (χ0n) is 18.2. The smallest absolute Gasteiger partial charge is 0.261 e. The van der Waals surface area contributed by atoms with Gasteiger partial charge in [-0.25, -0.2) is 4.98 Å². The number of benzene rings is 1. The van der Waals surface area contributed by atoms with Gasteiger partial charge in [0.05, 0.1) is 23.4 Å². The maximum absolute atomic E-state index is 12.4. The number of imide groups is 1. The highest BCUT2D eigenvalue weighted by Gasteiger charge is 2.34. The molecule has 4 amide bonds. The van der Waals surface area contributed by atoms with Gasteiger partial charge in [0, 0.05) is 37.2 Å².